The van der Waals surface area contributed by atoms with Crippen molar-refractivity contribution in [2.24, 2.45) is 0 Å². The number of aliphatic hydroxyl groups is 1. The van der Waals surface area contributed by atoms with Crippen molar-refractivity contribution in [3.05, 3.63) is 81.2 Å². The van der Waals surface area contributed by atoms with Crippen molar-refractivity contribution in [1.82, 2.24) is 0 Å². The van der Waals surface area contributed by atoms with Gasteiger partial charge in [0.2, 0.25) is 0 Å². The first-order chi connectivity index (χ1) is 12.4. The fourth-order valence-electron chi connectivity index (χ4n) is 2.57. The summed E-state index contributed by atoms with van der Waals surface area (Å²) in [5.74, 6) is -2.36. The molecule has 5 nitrogen and oxygen atoms in total. The van der Waals surface area contributed by atoms with Crippen molar-refractivity contribution in [3.8, 4) is 0 Å². The number of hydrogen-bond donors (Lipinski definition) is 1. The van der Waals surface area contributed by atoms with E-state index in [1.165, 1.54) is 25.3 Å². The van der Waals surface area contributed by atoms with Gasteiger partial charge in [0.1, 0.15) is 11.1 Å². The van der Waals surface area contributed by atoms with Crippen LogP contribution in [0.3, 0.4) is 0 Å². The zero-order chi connectivity index (χ0) is 18.8. The van der Waals surface area contributed by atoms with E-state index < -0.39 is 17.7 Å². The molecule has 0 saturated heterocycles. The van der Waals surface area contributed by atoms with E-state index in [9.17, 15) is 14.7 Å². The second kappa shape index (κ2) is 7.23. The zero-order valence-corrected chi connectivity index (χ0v) is 15.0. The smallest absolute Gasteiger partial charge is 0.348 e. The number of carbonyl (C=O) groups excluding carboxylic acids is 2. The second-order valence-electron chi connectivity index (χ2n) is 5.33. The molecule has 0 atom stereocenters. The monoisotopic (exact) mass is 390 g/mol. The molecule has 1 aliphatic heterocycles. The summed E-state index contributed by atoms with van der Waals surface area (Å²) in [4.78, 5) is 24.6. The normalized spacial score (nSPS) is 15.7. The summed E-state index contributed by atoms with van der Waals surface area (Å²) in [5.41, 5.74) is 0.500. The zero-order valence-electron chi connectivity index (χ0n) is 13.5. The standard InChI is InChI=1S/C19H12Cl2O5/c1-25-18(23)15(11-7-12(20)9-13(21)8-11)17-16(22)14(19(24)26-17)10-5-3-2-4-6-10/h2-9,22H,1H3/b17-15-. The molecule has 1 aliphatic rings. The minimum atomic E-state index is -0.813. The third-order valence-corrected chi connectivity index (χ3v) is 4.12. The molecule has 2 aromatic rings. The number of aliphatic hydroxyl groups excluding tert-OH is 1. The van der Waals surface area contributed by atoms with Gasteiger partial charge in [-0.25, -0.2) is 9.59 Å². The van der Waals surface area contributed by atoms with Gasteiger partial charge in [-0.1, -0.05) is 53.5 Å². The van der Waals surface area contributed by atoms with Crippen molar-refractivity contribution in [2.75, 3.05) is 7.11 Å². The molecule has 0 unspecified atom stereocenters. The van der Waals surface area contributed by atoms with Crippen molar-refractivity contribution in [1.29, 1.82) is 0 Å². The molecule has 1 heterocycles. The molecule has 0 spiro atoms. The first-order valence-electron chi connectivity index (χ1n) is 7.42. The Hall–Kier alpha value is -2.76. The predicted octanol–water partition coefficient (Wildman–Crippen LogP) is 4.40. The lowest BCUT2D eigenvalue weighted by Gasteiger charge is -2.10. The van der Waals surface area contributed by atoms with Gasteiger partial charge in [-0.15, -0.1) is 0 Å². The van der Waals surface area contributed by atoms with Crippen molar-refractivity contribution < 1.29 is 24.2 Å². The van der Waals surface area contributed by atoms with Crippen molar-refractivity contribution >= 4 is 46.3 Å². The first kappa shape index (κ1) is 18.0. The van der Waals surface area contributed by atoms with Crippen molar-refractivity contribution in [3.63, 3.8) is 0 Å². The molecule has 3 rings (SSSR count). The van der Waals surface area contributed by atoms with Crippen LogP contribution in [-0.4, -0.2) is 24.2 Å². The van der Waals surface area contributed by atoms with Gasteiger partial charge in [0.05, 0.1) is 7.11 Å². The van der Waals surface area contributed by atoms with E-state index in [1.807, 2.05) is 0 Å². The molecule has 0 saturated carbocycles. The summed E-state index contributed by atoms with van der Waals surface area (Å²) in [6.07, 6.45) is 0. The lowest BCUT2D eigenvalue weighted by Crippen LogP contribution is -2.09. The number of ether oxygens (including phenoxy) is 2. The summed E-state index contributed by atoms with van der Waals surface area (Å²) in [6, 6.07) is 12.9. The van der Waals surface area contributed by atoms with Gasteiger partial charge in [0.15, 0.2) is 11.5 Å². The van der Waals surface area contributed by atoms with Crippen LogP contribution in [-0.2, 0) is 19.1 Å². The SMILES string of the molecule is COC(=O)/C(=C1\OC(=O)C(c2ccccc2)=C1O)c1cc(Cl)cc(Cl)c1. The fourth-order valence-corrected chi connectivity index (χ4v) is 3.10. The van der Waals surface area contributed by atoms with Gasteiger partial charge in [0.25, 0.3) is 0 Å². The number of esters is 2. The Balaban J connectivity index is 2.26. The number of carbonyl (C=O) groups is 2. The maximum atomic E-state index is 12.3. The minimum absolute atomic E-state index is 0.0462. The summed E-state index contributed by atoms with van der Waals surface area (Å²) in [7, 11) is 1.17. The van der Waals surface area contributed by atoms with Crippen LogP contribution in [0.1, 0.15) is 11.1 Å². The van der Waals surface area contributed by atoms with Crippen LogP contribution >= 0.6 is 23.2 Å². The molecule has 2 aromatic carbocycles. The van der Waals surface area contributed by atoms with Crippen LogP contribution in [0.4, 0.5) is 0 Å². The quantitative estimate of drug-likeness (QED) is 0.620. The molecule has 0 aromatic heterocycles. The number of halogens is 2. The Morgan fingerprint density at radius 3 is 2.27 bits per heavy atom. The van der Waals surface area contributed by atoms with E-state index in [-0.39, 0.29) is 32.5 Å². The van der Waals surface area contributed by atoms with Crippen LogP contribution in [0.25, 0.3) is 11.1 Å². The fraction of sp³-hybridized carbons (Fsp3) is 0.0526. The van der Waals surface area contributed by atoms with Crippen LogP contribution in [0.15, 0.2) is 60.0 Å². The molecular weight excluding hydrogens is 379 g/mol. The van der Waals surface area contributed by atoms with E-state index >= 15 is 0 Å². The maximum absolute atomic E-state index is 12.3. The number of methoxy groups -OCH3 is 1. The average molecular weight is 391 g/mol. The second-order valence-corrected chi connectivity index (χ2v) is 6.21. The molecule has 26 heavy (non-hydrogen) atoms. The lowest BCUT2D eigenvalue weighted by molar-refractivity contribution is -0.134. The molecule has 7 heteroatoms. The van der Waals surface area contributed by atoms with E-state index in [4.69, 9.17) is 32.7 Å². The molecular formula is C19H12Cl2O5. The Morgan fingerprint density at radius 2 is 1.69 bits per heavy atom. The molecule has 1 N–H and O–H groups in total. The lowest BCUT2D eigenvalue weighted by atomic mass is 10.0. The molecule has 0 amide bonds. The van der Waals surface area contributed by atoms with Crippen LogP contribution < -0.4 is 0 Å². The molecule has 0 bridgehead atoms. The summed E-state index contributed by atoms with van der Waals surface area (Å²) < 4.78 is 9.96. The Labute approximate surface area is 159 Å². The Kier molecular flexibility index (Phi) is 5.02. The highest BCUT2D eigenvalue weighted by molar-refractivity contribution is 6.35. The van der Waals surface area contributed by atoms with Gasteiger partial charge in [-0.05, 0) is 29.3 Å². The summed E-state index contributed by atoms with van der Waals surface area (Å²) in [6.45, 7) is 0. The highest BCUT2D eigenvalue weighted by atomic mass is 35.5. The van der Waals surface area contributed by atoms with Crippen molar-refractivity contribution in [2.45, 2.75) is 0 Å². The van der Waals surface area contributed by atoms with Gasteiger partial charge in [-0.3, -0.25) is 0 Å². The minimum Gasteiger partial charge on any atom is -0.504 e. The highest BCUT2D eigenvalue weighted by Gasteiger charge is 2.36. The van der Waals surface area contributed by atoms with E-state index in [1.54, 1.807) is 30.3 Å². The van der Waals surface area contributed by atoms with E-state index in [0.717, 1.165) is 0 Å². The van der Waals surface area contributed by atoms with Gasteiger partial charge < -0.3 is 14.6 Å². The first-order valence-corrected chi connectivity index (χ1v) is 8.18. The van der Waals surface area contributed by atoms with Crippen LogP contribution in [0, 0.1) is 0 Å². The van der Waals surface area contributed by atoms with E-state index in [0.29, 0.717) is 5.56 Å². The average Bonchev–Trinajstić information content (AvgIpc) is 2.89. The third kappa shape index (κ3) is 3.31. The van der Waals surface area contributed by atoms with Crippen LogP contribution in [0.5, 0.6) is 0 Å². The topological polar surface area (TPSA) is 72.8 Å². The molecule has 0 fully saturated rings. The van der Waals surface area contributed by atoms with Gasteiger partial charge in [0, 0.05) is 10.0 Å². The third-order valence-electron chi connectivity index (χ3n) is 3.68. The molecule has 0 radical (unpaired) electrons. The molecule has 0 aliphatic carbocycles. The van der Waals surface area contributed by atoms with Crippen LogP contribution in [0.2, 0.25) is 10.0 Å². The number of rotatable bonds is 3. The predicted molar refractivity (Wildman–Crippen MR) is 97.5 cm³/mol. The van der Waals surface area contributed by atoms with E-state index in [2.05, 4.69) is 0 Å². The number of hydrogen-bond acceptors (Lipinski definition) is 5. The number of benzene rings is 2. The largest absolute Gasteiger partial charge is 0.504 e. The Bertz CT molecular complexity index is 941. The summed E-state index contributed by atoms with van der Waals surface area (Å²) >= 11 is 12.0. The number of cyclic esters (lactones) is 1. The maximum Gasteiger partial charge on any atom is 0.348 e. The van der Waals surface area contributed by atoms with Gasteiger partial charge >= 0.3 is 11.9 Å². The highest BCUT2D eigenvalue weighted by Crippen LogP contribution is 2.37. The molecule has 132 valence electrons. The summed E-state index contributed by atoms with van der Waals surface area (Å²) in [5, 5.41) is 11.1. The van der Waals surface area contributed by atoms with Gasteiger partial charge in [-0.2, -0.15) is 0 Å². The Morgan fingerprint density at radius 1 is 1.08 bits per heavy atom.